The molecule has 0 bridgehead atoms. The highest BCUT2D eigenvalue weighted by atomic mass is 35.5. The Bertz CT molecular complexity index is 546. The average molecular weight is 249 g/mol. The van der Waals surface area contributed by atoms with Crippen molar-refractivity contribution in [2.24, 2.45) is 0 Å². The minimum atomic E-state index is -0.0362. The van der Waals surface area contributed by atoms with E-state index in [0.29, 0.717) is 10.9 Å². The molecule has 4 heteroatoms. The van der Waals surface area contributed by atoms with Crippen LogP contribution in [0.3, 0.4) is 0 Å². The number of aliphatic hydroxyl groups excluding tert-OH is 1. The van der Waals surface area contributed by atoms with Crippen molar-refractivity contribution in [3.63, 3.8) is 0 Å². The summed E-state index contributed by atoms with van der Waals surface area (Å²) in [7, 11) is 0. The summed E-state index contributed by atoms with van der Waals surface area (Å²) in [4.78, 5) is 0. The van der Waals surface area contributed by atoms with Gasteiger partial charge in [-0.3, -0.25) is 0 Å². The number of rotatable bonds is 3. The maximum Gasteiger partial charge on any atom is 0.0696 e. The molecule has 1 aliphatic carbocycles. The molecule has 0 saturated heterocycles. The summed E-state index contributed by atoms with van der Waals surface area (Å²) in [6.45, 7) is -0.0362. The van der Waals surface area contributed by atoms with Gasteiger partial charge in [0, 0.05) is 17.1 Å². The van der Waals surface area contributed by atoms with E-state index in [1.165, 1.54) is 12.8 Å². The molecule has 0 spiro atoms. The molecular formula is C13H13ClN2O. The van der Waals surface area contributed by atoms with Gasteiger partial charge in [0.05, 0.1) is 18.0 Å². The van der Waals surface area contributed by atoms with E-state index in [1.807, 2.05) is 29.1 Å². The van der Waals surface area contributed by atoms with Gasteiger partial charge in [-0.05, 0) is 36.6 Å². The van der Waals surface area contributed by atoms with Crippen molar-refractivity contribution in [2.45, 2.75) is 25.4 Å². The van der Waals surface area contributed by atoms with Crippen LogP contribution in [-0.4, -0.2) is 14.9 Å². The first kappa shape index (κ1) is 10.8. The number of halogens is 1. The molecule has 0 radical (unpaired) electrons. The Balaban J connectivity index is 1.93. The van der Waals surface area contributed by atoms with Gasteiger partial charge in [-0.1, -0.05) is 17.7 Å². The Morgan fingerprint density at radius 3 is 2.82 bits per heavy atom. The molecule has 88 valence electrons. The zero-order valence-electron chi connectivity index (χ0n) is 9.31. The van der Waals surface area contributed by atoms with Crippen LogP contribution in [0.5, 0.6) is 0 Å². The number of aliphatic hydroxyl groups is 1. The second-order valence-electron chi connectivity index (χ2n) is 4.39. The van der Waals surface area contributed by atoms with Crippen LogP contribution in [0.2, 0.25) is 5.02 Å². The standard InChI is InChI=1S/C13H13ClN2O/c14-12-7-11(4-3-10(12)8-17)16-6-5-13(15-16)9-1-2-9/h3-7,9,17H,1-2,8H2. The summed E-state index contributed by atoms with van der Waals surface area (Å²) >= 11 is 6.06. The maximum atomic E-state index is 9.06. The molecular weight excluding hydrogens is 236 g/mol. The highest BCUT2D eigenvalue weighted by Crippen LogP contribution is 2.39. The van der Waals surface area contributed by atoms with Crippen LogP contribution >= 0.6 is 11.6 Å². The third kappa shape index (κ3) is 2.08. The lowest BCUT2D eigenvalue weighted by Crippen LogP contribution is -1.97. The zero-order chi connectivity index (χ0) is 11.8. The molecule has 0 atom stereocenters. The Hall–Kier alpha value is -1.32. The molecule has 1 fully saturated rings. The van der Waals surface area contributed by atoms with Gasteiger partial charge in [0.2, 0.25) is 0 Å². The van der Waals surface area contributed by atoms with Crippen LogP contribution in [0.25, 0.3) is 5.69 Å². The number of aromatic nitrogens is 2. The molecule has 0 aliphatic heterocycles. The quantitative estimate of drug-likeness (QED) is 0.907. The molecule has 1 aliphatic rings. The smallest absolute Gasteiger partial charge is 0.0696 e. The van der Waals surface area contributed by atoms with Crippen molar-refractivity contribution in [1.29, 1.82) is 0 Å². The van der Waals surface area contributed by atoms with Crippen molar-refractivity contribution in [3.8, 4) is 5.69 Å². The predicted octanol–water partition coefficient (Wildman–Crippen LogP) is 2.90. The highest BCUT2D eigenvalue weighted by Gasteiger charge is 2.25. The van der Waals surface area contributed by atoms with Gasteiger partial charge in [0.25, 0.3) is 0 Å². The van der Waals surface area contributed by atoms with Crippen molar-refractivity contribution in [2.75, 3.05) is 0 Å². The van der Waals surface area contributed by atoms with E-state index in [1.54, 1.807) is 0 Å². The fraction of sp³-hybridized carbons (Fsp3) is 0.308. The van der Waals surface area contributed by atoms with Crippen molar-refractivity contribution in [1.82, 2.24) is 9.78 Å². The topological polar surface area (TPSA) is 38.0 Å². The number of hydrogen-bond donors (Lipinski definition) is 1. The number of nitrogens with zero attached hydrogens (tertiary/aromatic N) is 2. The Labute approximate surface area is 105 Å². The Morgan fingerprint density at radius 1 is 1.35 bits per heavy atom. The molecule has 2 aromatic rings. The molecule has 0 unspecified atom stereocenters. The normalized spacial score (nSPS) is 15.2. The minimum absolute atomic E-state index is 0.0362. The highest BCUT2D eigenvalue weighted by molar-refractivity contribution is 6.31. The van der Waals surface area contributed by atoms with Crippen molar-refractivity contribution < 1.29 is 5.11 Å². The summed E-state index contributed by atoms with van der Waals surface area (Å²) in [5, 5.41) is 14.2. The first-order chi connectivity index (χ1) is 8.28. The van der Waals surface area contributed by atoms with Gasteiger partial charge < -0.3 is 5.11 Å². The average Bonchev–Trinajstić information content (AvgIpc) is 3.07. The van der Waals surface area contributed by atoms with Gasteiger partial charge in [-0.15, -0.1) is 0 Å². The lowest BCUT2D eigenvalue weighted by molar-refractivity contribution is 0.282. The lowest BCUT2D eigenvalue weighted by atomic mass is 10.2. The van der Waals surface area contributed by atoms with Crippen LogP contribution < -0.4 is 0 Å². The Morgan fingerprint density at radius 2 is 2.18 bits per heavy atom. The number of benzene rings is 1. The predicted molar refractivity (Wildman–Crippen MR) is 66.5 cm³/mol. The van der Waals surface area contributed by atoms with Gasteiger partial charge in [-0.2, -0.15) is 5.10 Å². The van der Waals surface area contributed by atoms with E-state index in [-0.39, 0.29) is 6.61 Å². The molecule has 1 aromatic carbocycles. The van der Waals surface area contributed by atoms with Gasteiger partial charge in [-0.25, -0.2) is 4.68 Å². The second kappa shape index (κ2) is 4.17. The molecule has 3 rings (SSSR count). The van der Waals surface area contributed by atoms with E-state index >= 15 is 0 Å². The summed E-state index contributed by atoms with van der Waals surface area (Å²) in [5.41, 5.74) is 2.83. The first-order valence-corrected chi connectivity index (χ1v) is 6.11. The van der Waals surface area contributed by atoms with Gasteiger partial charge in [0.1, 0.15) is 0 Å². The summed E-state index contributed by atoms with van der Waals surface area (Å²) in [6, 6.07) is 7.64. The summed E-state index contributed by atoms with van der Waals surface area (Å²) in [6.07, 6.45) is 4.46. The van der Waals surface area contributed by atoms with E-state index < -0.39 is 0 Å². The van der Waals surface area contributed by atoms with Gasteiger partial charge in [0.15, 0.2) is 0 Å². The summed E-state index contributed by atoms with van der Waals surface area (Å²) in [5.74, 6) is 0.656. The van der Waals surface area contributed by atoms with Crippen LogP contribution in [0.4, 0.5) is 0 Å². The van der Waals surface area contributed by atoms with E-state index in [4.69, 9.17) is 16.7 Å². The van der Waals surface area contributed by atoms with E-state index in [9.17, 15) is 0 Å². The van der Waals surface area contributed by atoms with Gasteiger partial charge >= 0.3 is 0 Å². The van der Waals surface area contributed by atoms with E-state index in [2.05, 4.69) is 11.2 Å². The lowest BCUT2D eigenvalue weighted by Gasteiger charge is -2.05. The first-order valence-electron chi connectivity index (χ1n) is 5.73. The fourth-order valence-corrected chi connectivity index (χ4v) is 2.12. The largest absolute Gasteiger partial charge is 0.392 e. The molecule has 1 heterocycles. The monoisotopic (exact) mass is 248 g/mol. The fourth-order valence-electron chi connectivity index (χ4n) is 1.89. The molecule has 1 aromatic heterocycles. The molecule has 1 N–H and O–H groups in total. The summed E-state index contributed by atoms with van der Waals surface area (Å²) < 4.78 is 1.83. The maximum absolute atomic E-state index is 9.06. The van der Waals surface area contributed by atoms with Crippen LogP contribution in [0.1, 0.15) is 30.0 Å². The second-order valence-corrected chi connectivity index (χ2v) is 4.80. The molecule has 1 saturated carbocycles. The van der Waals surface area contributed by atoms with Crippen molar-refractivity contribution in [3.05, 3.63) is 46.7 Å². The van der Waals surface area contributed by atoms with Crippen LogP contribution in [-0.2, 0) is 6.61 Å². The van der Waals surface area contributed by atoms with E-state index in [0.717, 1.165) is 16.9 Å². The van der Waals surface area contributed by atoms with Crippen LogP contribution in [0.15, 0.2) is 30.5 Å². The molecule has 3 nitrogen and oxygen atoms in total. The van der Waals surface area contributed by atoms with Crippen LogP contribution in [0, 0.1) is 0 Å². The molecule has 17 heavy (non-hydrogen) atoms. The Kier molecular flexibility index (Phi) is 2.65. The third-order valence-corrected chi connectivity index (χ3v) is 3.43. The zero-order valence-corrected chi connectivity index (χ0v) is 10.1. The number of hydrogen-bond acceptors (Lipinski definition) is 2. The molecule has 0 amide bonds. The minimum Gasteiger partial charge on any atom is -0.392 e. The van der Waals surface area contributed by atoms with Crippen molar-refractivity contribution >= 4 is 11.6 Å². The third-order valence-electron chi connectivity index (χ3n) is 3.08. The SMILES string of the molecule is OCc1ccc(-n2ccc(C3CC3)n2)cc1Cl.